The molecule has 1 unspecified atom stereocenters. The van der Waals surface area contributed by atoms with E-state index in [1.165, 1.54) is 11.1 Å². The normalized spacial score (nSPS) is 13.4. The van der Waals surface area contributed by atoms with Gasteiger partial charge >= 0.3 is 0 Å². The predicted octanol–water partition coefficient (Wildman–Crippen LogP) is 3.42. The summed E-state index contributed by atoms with van der Waals surface area (Å²) in [5, 5.41) is 8.93. The average Bonchev–Trinajstić information content (AvgIpc) is 2.74. The molecule has 0 amide bonds. The van der Waals surface area contributed by atoms with Crippen LogP contribution < -0.4 is 0 Å². The lowest BCUT2D eigenvalue weighted by molar-refractivity contribution is 0.941. The number of hydrogen-bond donors (Lipinski definition) is 0. The molecule has 1 aliphatic rings. The molecule has 0 aromatic heterocycles. The molecule has 1 aliphatic carbocycles. The van der Waals surface area contributed by atoms with Gasteiger partial charge in [-0.15, -0.1) is 0 Å². The van der Waals surface area contributed by atoms with Crippen LogP contribution in [-0.2, 0) is 0 Å². The SMILES string of the molecule is CC(C#N)N=C1c2ccccc2-c2ccccc21. The lowest BCUT2D eigenvalue weighted by Gasteiger charge is -2.02. The highest BCUT2D eigenvalue weighted by Gasteiger charge is 2.24. The van der Waals surface area contributed by atoms with Gasteiger partial charge in [0.25, 0.3) is 0 Å². The monoisotopic (exact) mass is 232 g/mol. The third-order valence-corrected chi connectivity index (χ3v) is 3.16. The molecule has 0 radical (unpaired) electrons. The maximum absolute atomic E-state index is 8.93. The molecule has 3 rings (SSSR count). The molecular weight excluding hydrogens is 220 g/mol. The molecule has 1 atom stereocenters. The minimum absolute atomic E-state index is 0.320. The number of rotatable bonds is 1. The van der Waals surface area contributed by atoms with Crippen molar-refractivity contribution in [2.24, 2.45) is 4.99 Å². The van der Waals surface area contributed by atoms with Crippen molar-refractivity contribution in [3.63, 3.8) is 0 Å². The molecule has 0 saturated carbocycles. The molecule has 0 N–H and O–H groups in total. The molecule has 2 nitrogen and oxygen atoms in total. The molecule has 2 aromatic rings. The van der Waals surface area contributed by atoms with Gasteiger partial charge in [0, 0.05) is 11.1 Å². The fourth-order valence-electron chi connectivity index (χ4n) is 2.36. The van der Waals surface area contributed by atoms with Gasteiger partial charge in [-0.25, -0.2) is 0 Å². The van der Waals surface area contributed by atoms with Crippen LogP contribution in [0.5, 0.6) is 0 Å². The van der Waals surface area contributed by atoms with Crippen LogP contribution in [0, 0.1) is 11.3 Å². The number of nitriles is 1. The Kier molecular flexibility index (Phi) is 2.46. The van der Waals surface area contributed by atoms with Gasteiger partial charge < -0.3 is 0 Å². The van der Waals surface area contributed by atoms with Crippen LogP contribution in [0.3, 0.4) is 0 Å². The summed E-state index contributed by atoms with van der Waals surface area (Å²) in [6.07, 6.45) is 0. The van der Waals surface area contributed by atoms with E-state index in [-0.39, 0.29) is 6.04 Å². The summed E-state index contributed by atoms with van der Waals surface area (Å²) in [4.78, 5) is 4.53. The van der Waals surface area contributed by atoms with Gasteiger partial charge in [0.2, 0.25) is 0 Å². The van der Waals surface area contributed by atoms with E-state index in [1.807, 2.05) is 31.2 Å². The summed E-state index contributed by atoms with van der Waals surface area (Å²) in [6.45, 7) is 1.82. The van der Waals surface area contributed by atoms with Crippen molar-refractivity contribution in [2.45, 2.75) is 13.0 Å². The van der Waals surface area contributed by atoms with Gasteiger partial charge in [0.05, 0.1) is 11.8 Å². The van der Waals surface area contributed by atoms with E-state index < -0.39 is 0 Å². The molecule has 0 bridgehead atoms. The van der Waals surface area contributed by atoms with Crippen LogP contribution in [0.15, 0.2) is 53.5 Å². The molecule has 18 heavy (non-hydrogen) atoms. The Hall–Kier alpha value is -2.40. The summed E-state index contributed by atoms with van der Waals surface area (Å²) in [5.74, 6) is 0. The molecule has 0 saturated heterocycles. The Labute approximate surface area is 106 Å². The number of nitrogens with zero attached hydrogens (tertiary/aromatic N) is 2. The number of aliphatic imine (C=N–C) groups is 1. The highest BCUT2D eigenvalue weighted by molar-refractivity contribution is 6.24. The highest BCUT2D eigenvalue weighted by atomic mass is 14.8. The maximum atomic E-state index is 8.93. The average molecular weight is 232 g/mol. The molecule has 0 heterocycles. The van der Waals surface area contributed by atoms with E-state index in [1.54, 1.807) is 0 Å². The first-order valence-electron chi connectivity index (χ1n) is 5.98. The van der Waals surface area contributed by atoms with Crippen LogP contribution in [0.4, 0.5) is 0 Å². The van der Waals surface area contributed by atoms with Crippen LogP contribution in [0.1, 0.15) is 18.1 Å². The zero-order valence-corrected chi connectivity index (χ0v) is 10.1. The first kappa shape index (κ1) is 10.7. The molecular formula is C16H12N2. The largest absolute Gasteiger partial charge is 0.266 e. The molecule has 2 heteroatoms. The summed E-state index contributed by atoms with van der Waals surface area (Å²) in [5.41, 5.74) is 5.60. The van der Waals surface area contributed by atoms with E-state index in [4.69, 9.17) is 5.26 Å². The second-order valence-corrected chi connectivity index (χ2v) is 4.37. The summed E-state index contributed by atoms with van der Waals surface area (Å²) < 4.78 is 0. The highest BCUT2D eigenvalue weighted by Crippen LogP contribution is 2.36. The zero-order valence-electron chi connectivity index (χ0n) is 10.1. The Morgan fingerprint density at radius 3 is 1.78 bits per heavy atom. The van der Waals surface area contributed by atoms with E-state index in [0.29, 0.717) is 0 Å². The van der Waals surface area contributed by atoms with E-state index in [9.17, 15) is 0 Å². The Balaban J connectivity index is 2.28. The molecule has 2 aromatic carbocycles. The molecule has 0 spiro atoms. The van der Waals surface area contributed by atoms with E-state index in [0.717, 1.165) is 16.8 Å². The minimum Gasteiger partial charge on any atom is -0.266 e. The Bertz CT molecular complexity index is 630. The van der Waals surface area contributed by atoms with Gasteiger partial charge in [-0.3, -0.25) is 4.99 Å². The van der Waals surface area contributed by atoms with Crippen molar-refractivity contribution >= 4 is 5.71 Å². The van der Waals surface area contributed by atoms with Crippen molar-refractivity contribution < 1.29 is 0 Å². The number of hydrogen-bond acceptors (Lipinski definition) is 2. The third-order valence-electron chi connectivity index (χ3n) is 3.16. The fourth-order valence-corrected chi connectivity index (χ4v) is 2.36. The Morgan fingerprint density at radius 1 is 0.889 bits per heavy atom. The van der Waals surface area contributed by atoms with Gasteiger partial charge in [-0.1, -0.05) is 48.5 Å². The maximum Gasteiger partial charge on any atom is 0.134 e. The molecule has 0 aliphatic heterocycles. The van der Waals surface area contributed by atoms with Crippen LogP contribution in [0.25, 0.3) is 11.1 Å². The summed E-state index contributed by atoms with van der Waals surface area (Å²) >= 11 is 0. The third kappa shape index (κ3) is 1.53. The van der Waals surface area contributed by atoms with E-state index >= 15 is 0 Å². The zero-order chi connectivity index (χ0) is 12.5. The van der Waals surface area contributed by atoms with Gasteiger partial charge in [-0.05, 0) is 18.1 Å². The van der Waals surface area contributed by atoms with Crippen molar-refractivity contribution in [1.82, 2.24) is 0 Å². The first-order valence-corrected chi connectivity index (χ1v) is 5.98. The lowest BCUT2D eigenvalue weighted by atomic mass is 10.1. The molecule has 0 fully saturated rings. The van der Waals surface area contributed by atoms with Gasteiger partial charge in [0.15, 0.2) is 0 Å². The summed E-state index contributed by atoms with van der Waals surface area (Å²) in [7, 11) is 0. The quantitative estimate of drug-likeness (QED) is 0.633. The van der Waals surface area contributed by atoms with E-state index in [2.05, 4.69) is 35.3 Å². The number of fused-ring (bicyclic) bond motifs is 3. The smallest absolute Gasteiger partial charge is 0.134 e. The molecule has 86 valence electrons. The second kappa shape index (κ2) is 4.12. The topological polar surface area (TPSA) is 36.1 Å². The van der Waals surface area contributed by atoms with Crippen molar-refractivity contribution in [2.75, 3.05) is 0 Å². The Morgan fingerprint density at radius 2 is 1.33 bits per heavy atom. The summed E-state index contributed by atoms with van der Waals surface area (Å²) in [6, 6.07) is 18.3. The van der Waals surface area contributed by atoms with Gasteiger partial charge in [-0.2, -0.15) is 5.26 Å². The van der Waals surface area contributed by atoms with Crippen LogP contribution in [-0.4, -0.2) is 11.8 Å². The van der Waals surface area contributed by atoms with Crippen molar-refractivity contribution in [3.05, 3.63) is 59.7 Å². The fraction of sp³-hybridized carbons (Fsp3) is 0.125. The van der Waals surface area contributed by atoms with Crippen molar-refractivity contribution in [3.8, 4) is 17.2 Å². The number of benzene rings is 2. The lowest BCUT2D eigenvalue weighted by Crippen LogP contribution is -2.04. The van der Waals surface area contributed by atoms with Crippen molar-refractivity contribution in [1.29, 1.82) is 5.26 Å². The standard InChI is InChI=1S/C16H12N2/c1-11(10-17)18-16-14-8-4-2-6-12(14)13-7-3-5-9-15(13)16/h2-9,11H,1H3. The van der Waals surface area contributed by atoms with Crippen LogP contribution in [0.2, 0.25) is 0 Å². The second-order valence-electron chi connectivity index (χ2n) is 4.37. The van der Waals surface area contributed by atoms with Gasteiger partial charge in [0.1, 0.15) is 6.04 Å². The minimum atomic E-state index is -0.320. The first-order chi connectivity index (χ1) is 8.81. The van der Waals surface area contributed by atoms with Crippen LogP contribution >= 0.6 is 0 Å². The predicted molar refractivity (Wildman–Crippen MR) is 72.6 cm³/mol.